The van der Waals surface area contributed by atoms with Gasteiger partial charge < -0.3 is 165 Å². The minimum atomic E-state index is -2.27. The van der Waals surface area contributed by atoms with Crippen molar-refractivity contribution in [1.29, 1.82) is 0 Å². The lowest BCUT2D eigenvalue weighted by molar-refractivity contribution is -0.385. The smallest absolute Gasteiger partial charge is 0.220 e. The number of aliphatic hydroxyl groups is 18. The van der Waals surface area contributed by atoms with Crippen LogP contribution in [0.3, 0.4) is 0 Å². The Balaban J connectivity index is 1.07. The zero-order chi connectivity index (χ0) is 84.8. The number of hydrogen-bond acceptors (Lipinski definition) is 33. The molecule has 12 unspecified atom stereocenters. The fraction of sp³-hybridized carbons (Fsp3) is 0.938. The Morgan fingerprint density at radius 1 is 0.336 bits per heavy atom. The fourth-order valence-electron chi connectivity index (χ4n) is 15.8. The molecule has 0 aromatic rings. The van der Waals surface area contributed by atoms with E-state index in [-0.39, 0.29) is 12.3 Å². The van der Waals surface area contributed by atoms with Crippen LogP contribution in [0.4, 0.5) is 0 Å². The van der Waals surface area contributed by atoms with Crippen molar-refractivity contribution in [1.82, 2.24) is 16.0 Å². The van der Waals surface area contributed by atoms with Crippen molar-refractivity contribution < 1.29 is 163 Å². The van der Waals surface area contributed by atoms with Crippen molar-refractivity contribution in [3.63, 3.8) is 0 Å². The summed E-state index contributed by atoms with van der Waals surface area (Å²) in [6.45, 7) is 0.0959. The molecule has 6 rings (SSSR count). The Kier molecular flexibility index (Phi) is 48.5. The predicted molar refractivity (Wildman–Crippen MR) is 412 cm³/mol. The van der Waals surface area contributed by atoms with E-state index in [1.54, 1.807) is 6.08 Å². The minimum Gasteiger partial charge on any atom is -0.394 e. The van der Waals surface area contributed by atoms with Crippen molar-refractivity contribution in [3.05, 3.63) is 12.2 Å². The molecule has 36 nitrogen and oxygen atoms in total. The van der Waals surface area contributed by atoms with Crippen molar-refractivity contribution in [2.45, 2.75) is 429 Å². The van der Waals surface area contributed by atoms with Crippen molar-refractivity contribution >= 4 is 17.7 Å². The number of nitrogens with one attached hydrogen (secondary N) is 3. The first-order valence-electron chi connectivity index (χ1n) is 43.0. The molecular weight excluding hydrogens is 1530 g/mol. The van der Waals surface area contributed by atoms with Gasteiger partial charge in [-0.1, -0.05) is 206 Å². The number of rotatable bonds is 56. The normalized spacial score (nSPS) is 36.3. The first-order valence-corrected chi connectivity index (χ1v) is 43.0. The second-order valence-corrected chi connectivity index (χ2v) is 32.1. The van der Waals surface area contributed by atoms with Gasteiger partial charge in [-0.3, -0.25) is 14.4 Å². The summed E-state index contributed by atoms with van der Waals surface area (Å²) in [5, 5.41) is 208. The second-order valence-electron chi connectivity index (χ2n) is 32.1. The van der Waals surface area contributed by atoms with Gasteiger partial charge in [-0.05, 0) is 19.3 Å². The van der Waals surface area contributed by atoms with Gasteiger partial charge in [0, 0.05) is 20.3 Å². The first kappa shape index (κ1) is 102. The van der Waals surface area contributed by atoms with Crippen molar-refractivity contribution in [2.24, 2.45) is 0 Å². The van der Waals surface area contributed by atoms with E-state index < -0.39 is 254 Å². The lowest BCUT2D eigenvalue weighted by Gasteiger charge is -2.51. The predicted octanol–water partition coefficient (Wildman–Crippen LogP) is -0.864. The van der Waals surface area contributed by atoms with Crippen LogP contribution in [0.15, 0.2) is 12.2 Å². The average Bonchev–Trinajstić information content (AvgIpc) is 0.766. The van der Waals surface area contributed by atoms with Crippen LogP contribution >= 0.6 is 0 Å². The number of carbonyl (C=O) groups excluding carboxylic acids is 3. The van der Waals surface area contributed by atoms with Gasteiger partial charge in [0.05, 0.1) is 58.4 Å². The molecule has 116 heavy (non-hydrogen) atoms. The monoisotopic (exact) mass is 1680 g/mol. The van der Waals surface area contributed by atoms with Crippen LogP contribution in [0.5, 0.6) is 0 Å². The van der Waals surface area contributed by atoms with E-state index in [9.17, 15) is 106 Å². The second kappa shape index (κ2) is 55.2. The lowest BCUT2D eigenvalue weighted by Crippen LogP contribution is -2.71. The highest BCUT2D eigenvalue weighted by atomic mass is 16.8. The first-order chi connectivity index (χ1) is 55.8. The summed E-state index contributed by atoms with van der Waals surface area (Å²) in [5.74, 6) is -2.05. The Hall–Kier alpha value is -3.05. The number of unbranched alkanes of at least 4 members (excludes halogenated alkanes) is 29. The average molecular weight is 1680 g/mol. The van der Waals surface area contributed by atoms with Crippen molar-refractivity contribution in [2.75, 3.05) is 46.2 Å². The van der Waals surface area contributed by atoms with Crippen molar-refractivity contribution in [3.8, 4) is 0 Å². The highest BCUT2D eigenvalue weighted by Gasteiger charge is 2.59. The molecule has 6 aliphatic heterocycles. The molecule has 6 saturated heterocycles. The maximum atomic E-state index is 13.6. The molecule has 0 aromatic heterocycles. The molecule has 32 atom stereocenters. The van der Waals surface area contributed by atoms with Crippen LogP contribution in [0.1, 0.15) is 233 Å². The van der Waals surface area contributed by atoms with Gasteiger partial charge in [0.2, 0.25) is 17.7 Å². The summed E-state index contributed by atoms with van der Waals surface area (Å²) in [5.41, 5.74) is 0. The van der Waals surface area contributed by atoms with Gasteiger partial charge in [0.25, 0.3) is 0 Å². The number of carbonyl (C=O) groups is 3. The van der Waals surface area contributed by atoms with E-state index in [1.165, 1.54) is 135 Å². The topological polar surface area (TPSA) is 562 Å². The summed E-state index contributed by atoms with van der Waals surface area (Å²) in [6.07, 6.45) is -14.9. The summed E-state index contributed by atoms with van der Waals surface area (Å²) in [6, 6.07) is -4.65. The number of ether oxygens (including phenoxy) is 12. The zero-order valence-electron chi connectivity index (χ0n) is 68.4. The zero-order valence-corrected chi connectivity index (χ0v) is 68.4. The molecule has 0 aromatic carbocycles. The van der Waals surface area contributed by atoms with E-state index in [4.69, 9.17) is 56.8 Å². The Morgan fingerprint density at radius 2 is 0.655 bits per heavy atom. The van der Waals surface area contributed by atoms with Crippen LogP contribution in [0, 0.1) is 0 Å². The molecule has 0 saturated carbocycles. The highest BCUT2D eigenvalue weighted by Crippen LogP contribution is 2.38. The Morgan fingerprint density at radius 3 is 1.10 bits per heavy atom. The van der Waals surface area contributed by atoms with E-state index in [1.807, 2.05) is 6.08 Å². The van der Waals surface area contributed by atoms with Crippen LogP contribution in [0.25, 0.3) is 0 Å². The Labute approximate surface area is 682 Å². The van der Waals surface area contributed by atoms with Gasteiger partial charge in [-0.2, -0.15) is 0 Å². The van der Waals surface area contributed by atoms with Crippen LogP contribution in [0.2, 0.25) is 0 Å². The number of hydrogen-bond donors (Lipinski definition) is 21. The largest absolute Gasteiger partial charge is 0.394 e. The lowest BCUT2D eigenvalue weighted by atomic mass is 9.93. The highest BCUT2D eigenvalue weighted by molar-refractivity contribution is 5.76. The number of aliphatic hydroxyl groups excluding tert-OH is 18. The van der Waals surface area contributed by atoms with Gasteiger partial charge in [-0.15, -0.1) is 0 Å². The molecule has 678 valence electrons. The van der Waals surface area contributed by atoms with Crippen LogP contribution in [-0.4, -0.2) is 352 Å². The molecule has 0 aliphatic carbocycles. The van der Waals surface area contributed by atoms with E-state index in [0.29, 0.717) is 12.8 Å². The summed E-state index contributed by atoms with van der Waals surface area (Å²) >= 11 is 0. The summed E-state index contributed by atoms with van der Waals surface area (Å²) in [7, 11) is 0. The SMILES string of the molecule is CCCCCCCCCCCCC/C=C/[C@@H](O)[C@H](CO[C@@H]1OC(CO)[C@@H](O[C@@H]2OC(CO)[C@H](O[C@@H]3OC(CO)[C@H](O)[C@H](O[C@@H]4OC(CO)[C@H](O)[C@H](O[C@@H]5OC(CO)[C@H](O[C@@H]6OC(CO)[C@H](O)[C@H](O)C6O)[C@H](O)C5NC(C)=O)C4O)C3NC(C)=O)[C@H](O)C2O)[C@H](O)C1O)NC(=O)CCCCCCCCCCCCCCCCCCCCC. The third kappa shape index (κ3) is 31.6. The molecule has 6 aliphatic rings. The molecule has 6 fully saturated rings. The third-order valence-corrected chi connectivity index (χ3v) is 22.7. The molecule has 0 spiro atoms. The van der Waals surface area contributed by atoms with Gasteiger partial charge in [0.15, 0.2) is 37.7 Å². The maximum Gasteiger partial charge on any atom is 0.220 e. The van der Waals surface area contributed by atoms with Gasteiger partial charge >= 0.3 is 0 Å². The molecule has 0 bridgehead atoms. The molecule has 36 heteroatoms. The molecule has 21 N–H and O–H groups in total. The quantitative estimate of drug-likeness (QED) is 0.0260. The van der Waals surface area contributed by atoms with Gasteiger partial charge in [-0.25, -0.2) is 0 Å². The molecule has 3 amide bonds. The summed E-state index contributed by atoms with van der Waals surface area (Å²) in [4.78, 5) is 39.3. The minimum absolute atomic E-state index is 0.180. The Bertz CT molecular complexity index is 2670. The van der Waals surface area contributed by atoms with E-state index in [0.717, 1.165) is 65.2 Å². The van der Waals surface area contributed by atoms with Gasteiger partial charge in [0.1, 0.15) is 146 Å². The molecule has 0 radical (unpaired) electrons. The van der Waals surface area contributed by atoms with Crippen LogP contribution in [-0.2, 0) is 71.2 Å². The maximum absolute atomic E-state index is 13.6. The molecule has 6 heterocycles. The molecular formula is C80H145N3O33. The third-order valence-electron chi connectivity index (χ3n) is 22.7. The summed E-state index contributed by atoms with van der Waals surface area (Å²) < 4.78 is 71.0. The van der Waals surface area contributed by atoms with Crippen LogP contribution < -0.4 is 16.0 Å². The van der Waals surface area contributed by atoms with E-state index in [2.05, 4.69) is 29.8 Å². The number of allylic oxidation sites excluding steroid dienone is 1. The number of amides is 3. The standard InChI is InChI=1S/C80H145N3O33/c1-5-7-9-11-13-15-17-19-20-21-22-23-24-26-28-30-32-34-36-38-56(93)83-48(49(92)37-35-33-31-29-27-25-18-16-14-12-10-8-6-2)45-105-77-67(102)64(99)72(54(43-88)110-77)114-79-68(103)65(100)71(55(44-89)111-79)112-76-58(82-47(4)91)73(60(95)51(40-85)106-76)115-80-69(104)74(61(96)52(41-86)108-80)116-75-57(81-46(3)90)62(97)70(53(42-87)109-75)113-78-66(101)63(98)59(94)50(39-84)107-78/h35,37,48-55,57-80,84-89,92,94-104H,5-34,36,38-45H2,1-4H3,(H,81,90)(H,82,91)(H,83,93)/b37-35+/t48-,49+,50?,51?,52?,53?,54?,55?,57?,58?,59-,60-,61-,62+,63-,64+,65+,66?,67?,68?,69?,70-,71-,72+,73+,74-,75-,76-,77+,78-,79-,80-/m0/s1. The fourth-order valence-corrected chi connectivity index (χ4v) is 15.8. The van der Waals surface area contributed by atoms with E-state index >= 15 is 0 Å².